The Hall–Kier alpha value is -2.60. The highest BCUT2D eigenvalue weighted by Gasteiger charge is 2.14. The van der Waals surface area contributed by atoms with E-state index in [2.05, 4.69) is 34.2 Å². The maximum absolute atomic E-state index is 12.4. The molecule has 0 saturated carbocycles. The topological polar surface area (TPSA) is 50.2 Å². The SMILES string of the molecule is Cc1nn(CCNC(=O)c2cccc(N(C)C)c2)c(C)c1-c1ccsc1. The summed E-state index contributed by atoms with van der Waals surface area (Å²) in [6.07, 6.45) is 0. The molecular weight excluding hydrogens is 344 g/mol. The van der Waals surface area contributed by atoms with Crippen molar-refractivity contribution in [2.75, 3.05) is 25.5 Å². The Morgan fingerprint density at radius 2 is 2.08 bits per heavy atom. The molecule has 1 N–H and O–H groups in total. The van der Waals surface area contributed by atoms with Crippen molar-refractivity contribution < 1.29 is 4.79 Å². The number of benzene rings is 1. The van der Waals surface area contributed by atoms with Crippen LogP contribution < -0.4 is 10.2 Å². The molecule has 0 fully saturated rings. The van der Waals surface area contributed by atoms with Gasteiger partial charge in [0.2, 0.25) is 0 Å². The van der Waals surface area contributed by atoms with Gasteiger partial charge in [0.05, 0.1) is 12.2 Å². The predicted molar refractivity (Wildman–Crippen MR) is 108 cm³/mol. The molecule has 0 atom stereocenters. The molecule has 1 aromatic carbocycles. The first-order valence-electron chi connectivity index (χ1n) is 8.59. The molecule has 5 nitrogen and oxygen atoms in total. The number of anilines is 1. The first kappa shape index (κ1) is 18.2. The van der Waals surface area contributed by atoms with Gasteiger partial charge in [-0.2, -0.15) is 16.4 Å². The highest BCUT2D eigenvalue weighted by molar-refractivity contribution is 7.08. The lowest BCUT2D eigenvalue weighted by Gasteiger charge is -2.13. The summed E-state index contributed by atoms with van der Waals surface area (Å²) in [7, 11) is 3.93. The monoisotopic (exact) mass is 368 g/mol. The van der Waals surface area contributed by atoms with E-state index in [0.29, 0.717) is 18.7 Å². The maximum Gasteiger partial charge on any atom is 0.251 e. The van der Waals surface area contributed by atoms with E-state index in [9.17, 15) is 4.79 Å². The zero-order valence-electron chi connectivity index (χ0n) is 15.6. The van der Waals surface area contributed by atoms with E-state index in [0.717, 1.165) is 17.1 Å². The van der Waals surface area contributed by atoms with Gasteiger partial charge in [0.25, 0.3) is 5.91 Å². The van der Waals surface area contributed by atoms with Crippen LogP contribution in [0.15, 0.2) is 41.1 Å². The number of carbonyl (C=O) groups is 1. The molecule has 2 heterocycles. The van der Waals surface area contributed by atoms with Gasteiger partial charge in [-0.05, 0) is 54.4 Å². The van der Waals surface area contributed by atoms with Crippen LogP contribution >= 0.6 is 11.3 Å². The summed E-state index contributed by atoms with van der Waals surface area (Å²) < 4.78 is 1.97. The minimum Gasteiger partial charge on any atom is -0.378 e. The van der Waals surface area contributed by atoms with E-state index in [1.54, 1.807) is 11.3 Å². The Balaban J connectivity index is 1.64. The first-order chi connectivity index (χ1) is 12.5. The normalized spacial score (nSPS) is 10.8. The molecule has 0 unspecified atom stereocenters. The summed E-state index contributed by atoms with van der Waals surface area (Å²) in [6, 6.07) is 9.73. The Morgan fingerprint density at radius 3 is 2.77 bits per heavy atom. The van der Waals surface area contributed by atoms with Gasteiger partial charge in [0, 0.05) is 43.1 Å². The standard InChI is InChI=1S/C20H24N4OS/c1-14-19(17-8-11-26-13-17)15(2)24(22-14)10-9-21-20(25)16-6-5-7-18(12-16)23(3)4/h5-8,11-13H,9-10H2,1-4H3,(H,21,25). The number of carbonyl (C=O) groups excluding carboxylic acids is 1. The fourth-order valence-electron chi connectivity index (χ4n) is 3.04. The summed E-state index contributed by atoms with van der Waals surface area (Å²) in [4.78, 5) is 14.4. The minimum absolute atomic E-state index is 0.0618. The van der Waals surface area contributed by atoms with Gasteiger partial charge >= 0.3 is 0 Å². The van der Waals surface area contributed by atoms with Gasteiger partial charge < -0.3 is 10.2 Å². The molecule has 6 heteroatoms. The van der Waals surface area contributed by atoms with E-state index >= 15 is 0 Å². The summed E-state index contributed by atoms with van der Waals surface area (Å²) in [5.41, 5.74) is 6.23. The average molecular weight is 369 g/mol. The van der Waals surface area contributed by atoms with E-state index in [1.165, 1.54) is 11.1 Å². The van der Waals surface area contributed by atoms with Gasteiger partial charge in [-0.25, -0.2) is 0 Å². The van der Waals surface area contributed by atoms with Crippen molar-refractivity contribution in [2.45, 2.75) is 20.4 Å². The molecule has 136 valence electrons. The van der Waals surface area contributed by atoms with E-state index in [4.69, 9.17) is 0 Å². The van der Waals surface area contributed by atoms with Crippen LogP contribution in [-0.4, -0.2) is 36.3 Å². The summed E-state index contributed by atoms with van der Waals surface area (Å²) in [5.74, 6) is -0.0618. The van der Waals surface area contributed by atoms with Crippen molar-refractivity contribution in [2.24, 2.45) is 0 Å². The second-order valence-corrected chi connectivity index (χ2v) is 7.26. The first-order valence-corrected chi connectivity index (χ1v) is 9.54. The minimum atomic E-state index is -0.0618. The highest BCUT2D eigenvalue weighted by Crippen LogP contribution is 2.28. The zero-order chi connectivity index (χ0) is 18.7. The van der Waals surface area contributed by atoms with Gasteiger partial charge in [0.15, 0.2) is 0 Å². The smallest absolute Gasteiger partial charge is 0.251 e. The van der Waals surface area contributed by atoms with Crippen LogP contribution in [0, 0.1) is 13.8 Å². The molecule has 3 rings (SSSR count). The molecule has 0 aliphatic carbocycles. The van der Waals surface area contributed by atoms with Crippen LogP contribution in [-0.2, 0) is 6.54 Å². The third-order valence-corrected chi connectivity index (χ3v) is 5.11. The molecule has 0 aliphatic rings. The van der Waals surface area contributed by atoms with E-state index < -0.39 is 0 Å². The predicted octanol–water partition coefficient (Wildman–Crippen LogP) is 3.72. The second kappa shape index (κ2) is 7.74. The van der Waals surface area contributed by atoms with Crippen molar-refractivity contribution in [1.82, 2.24) is 15.1 Å². The molecule has 0 saturated heterocycles. The number of rotatable bonds is 6. The number of aromatic nitrogens is 2. The number of nitrogens with one attached hydrogen (secondary N) is 1. The number of thiophene rings is 1. The van der Waals surface area contributed by atoms with Crippen molar-refractivity contribution >= 4 is 22.9 Å². The average Bonchev–Trinajstić information content (AvgIpc) is 3.23. The van der Waals surface area contributed by atoms with Crippen molar-refractivity contribution in [3.63, 3.8) is 0 Å². The number of hydrogen-bond donors (Lipinski definition) is 1. The molecule has 0 aliphatic heterocycles. The molecule has 26 heavy (non-hydrogen) atoms. The quantitative estimate of drug-likeness (QED) is 0.721. The van der Waals surface area contributed by atoms with Crippen molar-refractivity contribution in [1.29, 1.82) is 0 Å². The Bertz CT molecular complexity index is 897. The molecule has 2 aromatic heterocycles. The maximum atomic E-state index is 12.4. The second-order valence-electron chi connectivity index (χ2n) is 6.48. The van der Waals surface area contributed by atoms with Crippen LogP contribution in [0.25, 0.3) is 11.1 Å². The van der Waals surface area contributed by atoms with E-state index in [1.807, 2.05) is 54.9 Å². The lowest BCUT2D eigenvalue weighted by atomic mass is 10.1. The fraction of sp³-hybridized carbons (Fsp3) is 0.300. The largest absolute Gasteiger partial charge is 0.378 e. The summed E-state index contributed by atoms with van der Waals surface area (Å²) in [6.45, 7) is 5.29. The lowest BCUT2D eigenvalue weighted by molar-refractivity contribution is 0.0952. The number of nitrogens with zero attached hydrogens (tertiary/aromatic N) is 3. The van der Waals surface area contributed by atoms with Gasteiger partial charge in [-0.15, -0.1) is 0 Å². The van der Waals surface area contributed by atoms with Gasteiger partial charge in [-0.1, -0.05) is 6.07 Å². The fourth-order valence-corrected chi connectivity index (χ4v) is 3.69. The Labute approximate surface area is 158 Å². The van der Waals surface area contributed by atoms with Gasteiger partial charge in [-0.3, -0.25) is 9.48 Å². The van der Waals surface area contributed by atoms with E-state index in [-0.39, 0.29) is 5.91 Å². The Kier molecular flexibility index (Phi) is 5.42. The molecule has 3 aromatic rings. The van der Waals surface area contributed by atoms with Crippen LogP contribution in [0.1, 0.15) is 21.7 Å². The third kappa shape index (κ3) is 3.80. The third-order valence-electron chi connectivity index (χ3n) is 4.43. The van der Waals surface area contributed by atoms with Crippen molar-refractivity contribution in [3.8, 4) is 11.1 Å². The van der Waals surface area contributed by atoms with Crippen LogP contribution in [0.4, 0.5) is 5.69 Å². The number of aryl methyl sites for hydroxylation is 1. The number of hydrogen-bond acceptors (Lipinski definition) is 4. The van der Waals surface area contributed by atoms with Gasteiger partial charge in [0.1, 0.15) is 0 Å². The molecule has 0 spiro atoms. The van der Waals surface area contributed by atoms with Crippen LogP contribution in [0.3, 0.4) is 0 Å². The summed E-state index contributed by atoms with van der Waals surface area (Å²) >= 11 is 1.69. The molecule has 0 bridgehead atoms. The van der Waals surface area contributed by atoms with Crippen LogP contribution in [0.5, 0.6) is 0 Å². The zero-order valence-corrected chi connectivity index (χ0v) is 16.4. The number of amides is 1. The van der Waals surface area contributed by atoms with Crippen molar-refractivity contribution in [3.05, 3.63) is 58.0 Å². The molecule has 1 amide bonds. The summed E-state index contributed by atoms with van der Waals surface area (Å²) in [5, 5.41) is 11.8. The van der Waals surface area contributed by atoms with Crippen LogP contribution in [0.2, 0.25) is 0 Å². The molecule has 0 radical (unpaired) electrons. The highest BCUT2D eigenvalue weighted by atomic mass is 32.1. The molecular formula is C20H24N4OS. The lowest BCUT2D eigenvalue weighted by Crippen LogP contribution is -2.28. The Morgan fingerprint density at radius 1 is 1.27 bits per heavy atom.